The van der Waals surface area contributed by atoms with E-state index in [1.165, 1.54) is 37.9 Å². The minimum Gasteiger partial charge on any atom is -0.489 e. The van der Waals surface area contributed by atoms with Gasteiger partial charge in [-0.05, 0) is 45.6 Å². The average Bonchev–Trinajstić information content (AvgIpc) is 2.42. The molecule has 0 aromatic heterocycles. The van der Waals surface area contributed by atoms with Crippen LogP contribution in [0, 0.1) is 0 Å². The quantitative estimate of drug-likeness (QED) is 0.614. The molecule has 0 amide bonds. The van der Waals surface area contributed by atoms with Crippen LogP contribution in [0.4, 0.5) is 11.4 Å². The topological polar surface area (TPSA) is 41.7 Å². The Morgan fingerprint density at radius 1 is 1.20 bits per heavy atom. The van der Waals surface area contributed by atoms with Crippen LogP contribution < -0.4 is 15.4 Å². The third-order valence-electron chi connectivity index (χ3n) is 3.73. The van der Waals surface area contributed by atoms with Crippen molar-refractivity contribution in [1.82, 2.24) is 4.90 Å². The zero-order valence-corrected chi connectivity index (χ0v) is 12.8. The zero-order chi connectivity index (χ0) is 14.4. The Morgan fingerprint density at radius 3 is 2.80 bits per heavy atom. The number of rotatable bonds is 7. The van der Waals surface area contributed by atoms with Crippen LogP contribution in [0.15, 0.2) is 18.2 Å². The van der Waals surface area contributed by atoms with Crippen molar-refractivity contribution >= 4 is 11.4 Å². The summed E-state index contributed by atoms with van der Waals surface area (Å²) in [6.45, 7) is 4.05. The molecule has 0 aliphatic carbocycles. The van der Waals surface area contributed by atoms with E-state index in [4.69, 9.17) is 10.5 Å². The van der Waals surface area contributed by atoms with Crippen molar-refractivity contribution in [3.8, 4) is 5.75 Å². The Kier molecular flexibility index (Phi) is 5.53. The second-order valence-corrected chi connectivity index (χ2v) is 5.78. The van der Waals surface area contributed by atoms with Crippen molar-refractivity contribution in [2.45, 2.75) is 25.7 Å². The molecule has 0 saturated carbocycles. The maximum atomic E-state index is 5.80. The number of nitrogen functional groups attached to an aromatic ring is 1. The van der Waals surface area contributed by atoms with E-state index in [1.807, 2.05) is 12.1 Å². The summed E-state index contributed by atoms with van der Waals surface area (Å²) in [4.78, 5) is 4.67. The summed E-state index contributed by atoms with van der Waals surface area (Å²) in [7, 11) is 4.27. The number of ether oxygens (including phenoxy) is 1. The fourth-order valence-corrected chi connectivity index (χ4v) is 2.61. The molecule has 2 N–H and O–H groups in total. The number of anilines is 2. The van der Waals surface area contributed by atoms with Gasteiger partial charge in [0.2, 0.25) is 0 Å². The minimum absolute atomic E-state index is 0.761. The Morgan fingerprint density at radius 2 is 2.00 bits per heavy atom. The van der Waals surface area contributed by atoms with E-state index in [0.29, 0.717) is 0 Å². The van der Waals surface area contributed by atoms with Gasteiger partial charge in [0.05, 0.1) is 12.2 Å². The molecule has 1 heterocycles. The number of fused-ring (bicyclic) bond motifs is 1. The molecule has 0 spiro atoms. The van der Waals surface area contributed by atoms with E-state index >= 15 is 0 Å². The first-order chi connectivity index (χ1) is 9.66. The molecule has 4 nitrogen and oxygen atoms in total. The lowest BCUT2D eigenvalue weighted by atomic mass is 10.1. The largest absolute Gasteiger partial charge is 0.489 e. The highest BCUT2D eigenvalue weighted by molar-refractivity contribution is 5.64. The molecule has 0 saturated heterocycles. The van der Waals surface area contributed by atoms with E-state index in [0.717, 1.165) is 31.1 Å². The van der Waals surface area contributed by atoms with Crippen molar-refractivity contribution in [1.29, 1.82) is 0 Å². The van der Waals surface area contributed by atoms with E-state index in [1.54, 1.807) is 0 Å². The van der Waals surface area contributed by atoms with Crippen molar-refractivity contribution in [2.24, 2.45) is 0 Å². The van der Waals surface area contributed by atoms with Gasteiger partial charge in [0.1, 0.15) is 12.4 Å². The molecular weight excluding hydrogens is 250 g/mol. The fourth-order valence-electron chi connectivity index (χ4n) is 2.61. The van der Waals surface area contributed by atoms with Crippen LogP contribution >= 0.6 is 0 Å². The molecule has 1 aromatic carbocycles. The van der Waals surface area contributed by atoms with Gasteiger partial charge in [0.25, 0.3) is 0 Å². The molecule has 1 aliphatic heterocycles. The smallest absolute Gasteiger partial charge is 0.144 e. The first kappa shape index (κ1) is 15.0. The molecule has 0 fully saturated rings. The summed E-state index contributed by atoms with van der Waals surface area (Å²) in [6, 6.07) is 5.96. The number of nitrogens with zero attached hydrogens (tertiary/aromatic N) is 2. The molecule has 112 valence electrons. The number of hydrogen-bond acceptors (Lipinski definition) is 4. The Bertz CT molecular complexity index is 420. The molecule has 1 aromatic rings. The van der Waals surface area contributed by atoms with Crippen LogP contribution in [0.3, 0.4) is 0 Å². The number of unbranched alkanes of at least 4 members (excludes halogenated alkanes) is 3. The molecule has 20 heavy (non-hydrogen) atoms. The van der Waals surface area contributed by atoms with Gasteiger partial charge in [-0.2, -0.15) is 0 Å². The summed E-state index contributed by atoms with van der Waals surface area (Å²) >= 11 is 0. The summed E-state index contributed by atoms with van der Waals surface area (Å²) in [5, 5.41) is 0. The summed E-state index contributed by atoms with van der Waals surface area (Å²) in [5.74, 6) is 0.934. The predicted molar refractivity (Wildman–Crippen MR) is 85.6 cm³/mol. The standard InChI is InChI=1S/C16H27N3O/c1-18(2)9-5-3-4-6-10-19-11-12-20-16-13-14(17)7-8-15(16)19/h7-8,13H,3-6,9-12,17H2,1-2H3. The SMILES string of the molecule is CN(C)CCCCCCN1CCOc2cc(N)ccc21. The van der Waals surface area contributed by atoms with Gasteiger partial charge in [0.15, 0.2) is 0 Å². The van der Waals surface area contributed by atoms with Gasteiger partial charge in [-0.15, -0.1) is 0 Å². The normalized spacial score (nSPS) is 14.2. The van der Waals surface area contributed by atoms with Crippen molar-refractivity contribution in [2.75, 3.05) is 51.0 Å². The van der Waals surface area contributed by atoms with E-state index < -0.39 is 0 Å². The van der Waals surface area contributed by atoms with Crippen molar-refractivity contribution in [3.05, 3.63) is 18.2 Å². The Balaban J connectivity index is 1.75. The highest BCUT2D eigenvalue weighted by Gasteiger charge is 2.17. The molecular formula is C16H27N3O. The fraction of sp³-hybridized carbons (Fsp3) is 0.625. The number of hydrogen-bond donors (Lipinski definition) is 1. The van der Waals surface area contributed by atoms with Crippen LogP contribution in [-0.2, 0) is 0 Å². The molecule has 1 aliphatic rings. The summed E-state index contributed by atoms with van der Waals surface area (Å²) < 4.78 is 5.68. The molecule has 0 unspecified atom stereocenters. The van der Waals surface area contributed by atoms with Gasteiger partial charge in [0, 0.05) is 18.3 Å². The van der Waals surface area contributed by atoms with Crippen LogP contribution in [0.5, 0.6) is 5.75 Å². The van der Waals surface area contributed by atoms with Gasteiger partial charge in [-0.3, -0.25) is 0 Å². The predicted octanol–water partition coefficient (Wildman–Crippen LogP) is 2.59. The summed E-state index contributed by atoms with van der Waals surface area (Å²) in [5.41, 5.74) is 7.77. The maximum absolute atomic E-state index is 5.80. The molecule has 0 radical (unpaired) electrons. The van der Waals surface area contributed by atoms with Gasteiger partial charge < -0.3 is 20.3 Å². The zero-order valence-electron chi connectivity index (χ0n) is 12.8. The third-order valence-corrected chi connectivity index (χ3v) is 3.73. The molecule has 0 bridgehead atoms. The first-order valence-corrected chi connectivity index (χ1v) is 7.59. The van der Waals surface area contributed by atoms with E-state index in [9.17, 15) is 0 Å². The highest BCUT2D eigenvalue weighted by atomic mass is 16.5. The monoisotopic (exact) mass is 277 g/mol. The average molecular weight is 277 g/mol. The lowest BCUT2D eigenvalue weighted by Gasteiger charge is -2.31. The van der Waals surface area contributed by atoms with Crippen molar-refractivity contribution in [3.63, 3.8) is 0 Å². The second kappa shape index (κ2) is 7.39. The first-order valence-electron chi connectivity index (χ1n) is 7.59. The highest BCUT2D eigenvalue weighted by Crippen LogP contribution is 2.33. The van der Waals surface area contributed by atoms with Crippen LogP contribution in [0.1, 0.15) is 25.7 Å². The number of nitrogens with two attached hydrogens (primary N) is 1. The van der Waals surface area contributed by atoms with Gasteiger partial charge >= 0.3 is 0 Å². The van der Waals surface area contributed by atoms with Gasteiger partial charge in [-0.25, -0.2) is 0 Å². The van der Waals surface area contributed by atoms with Crippen molar-refractivity contribution < 1.29 is 4.74 Å². The Labute approximate surface area is 122 Å². The Hall–Kier alpha value is -1.42. The van der Waals surface area contributed by atoms with Crippen LogP contribution in [0.2, 0.25) is 0 Å². The summed E-state index contributed by atoms with van der Waals surface area (Å²) in [6.07, 6.45) is 5.16. The lowest BCUT2D eigenvalue weighted by molar-refractivity contribution is 0.307. The van der Waals surface area contributed by atoms with Crippen LogP contribution in [-0.4, -0.2) is 45.2 Å². The van der Waals surface area contributed by atoms with E-state index in [2.05, 4.69) is 30.0 Å². The lowest BCUT2D eigenvalue weighted by Crippen LogP contribution is -2.33. The third kappa shape index (κ3) is 4.30. The number of benzene rings is 1. The second-order valence-electron chi connectivity index (χ2n) is 5.78. The molecule has 0 atom stereocenters. The van der Waals surface area contributed by atoms with Crippen LogP contribution in [0.25, 0.3) is 0 Å². The van der Waals surface area contributed by atoms with E-state index in [-0.39, 0.29) is 0 Å². The molecule has 2 rings (SSSR count). The maximum Gasteiger partial charge on any atom is 0.144 e. The minimum atomic E-state index is 0.761. The molecule has 4 heteroatoms. The van der Waals surface area contributed by atoms with Gasteiger partial charge in [-0.1, -0.05) is 12.8 Å².